The zero-order valence-corrected chi connectivity index (χ0v) is 9.93. The molecule has 1 amide bonds. The van der Waals surface area contributed by atoms with Gasteiger partial charge in [-0.1, -0.05) is 6.92 Å². The van der Waals surface area contributed by atoms with Gasteiger partial charge in [-0.15, -0.1) is 0 Å². The summed E-state index contributed by atoms with van der Waals surface area (Å²) in [7, 11) is 1.22. The van der Waals surface area contributed by atoms with Gasteiger partial charge < -0.3 is 20.9 Å². The van der Waals surface area contributed by atoms with E-state index in [-0.39, 0.29) is 19.4 Å². The number of amides is 1. The molecule has 17 heavy (non-hydrogen) atoms. The number of carbonyl (C=O) groups is 3. The maximum atomic E-state index is 11.4. The van der Waals surface area contributed by atoms with E-state index in [9.17, 15) is 14.4 Å². The molecule has 0 saturated heterocycles. The third-order valence-corrected chi connectivity index (χ3v) is 2.28. The number of esters is 1. The summed E-state index contributed by atoms with van der Waals surface area (Å²) in [6, 6.07) is -1.10. The average Bonchev–Trinajstić information content (AvgIpc) is 2.31. The molecule has 98 valence electrons. The molecule has 0 bridgehead atoms. The molecule has 0 saturated carbocycles. The predicted molar refractivity (Wildman–Crippen MR) is 59.0 cm³/mol. The lowest BCUT2D eigenvalue weighted by Crippen LogP contribution is -2.44. The number of nitrogens with two attached hydrogens (primary N) is 1. The highest BCUT2D eigenvalue weighted by atomic mass is 16.5. The van der Waals surface area contributed by atoms with Crippen molar-refractivity contribution in [3.8, 4) is 0 Å². The van der Waals surface area contributed by atoms with E-state index in [0.717, 1.165) is 0 Å². The van der Waals surface area contributed by atoms with Crippen molar-refractivity contribution in [2.24, 2.45) is 11.7 Å². The Morgan fingerprint density at radius 1 is 1.41 bits per heavy atom. The van der Waals surface area contributed by atoms with E-state index in [4.69, 9.17) is 10.8 Å². The highest BCUT2D eigenvalue weighted by Crippen LogP contribution is 2.01. The maximum absolute atomic E-state index is 11.4. The number of hydrogen-bond donors (Lipinski definition) is 3. The molecule has 0 heterocycles. The summed E-state index contributed by atoms with van der Waals surface area (Å²) in [5.41, 5.74) is 5.29. The normalized spacial score (nSPS) is 13.6. The van der Waals surface area contributed by atoms with Crippen molar-refractivity contribution in [3.05, 3.63) is 0 Å². The molecule has 0 aliphatic rings. The molecular weight excluding hydrogens is 228 g/mol. The van der Waals surface area contributed by atoms with E-state index in [1.807, 2.05) is 0 Å². The Labute approximate surface area is 99.3 Å². The van der Waals surface area contributed by atoms with Gasteiger partial charge in [0.2, 0.25) is 5.91 Å². The van der Waals surface area contributed by atoms with Crippen molar-refractivity contribution in [3.63, 3.8) is 0 Å². The molecule has 0 aromatic rings. The highest BCUT2D eigenvalue weighted by Gasteiger charge is 2.23. The SMILES string of the molecule is COC(=O)CC[C@H](NC(=O)C(C)CN)C(=O)O. The Morgan fingerprint density at radius 2 is 2.00 bits per heavy atom. The molecule has 0 aliphatic heterocycles. The lowest BCUT2D eigenvalue weighted by molar-refractivity contribution is -0.144. The fourth-order valence-electron chi connectivity index (χ4n) is 1.04. The molecule has 2 atom stereocenters. The summed E-state index contributed by atoms with van der Waals surface area (Å²) >= 11 is 0. The summed E-state index contributed by atoms with van der Waals surface area (Å²) in [5, 5.41) is 11.2. The van der Waals surface area contributed by atoms with E-state index in [2.05, 4.69) is 10.1 Å². The minimum Gasteiger partial charge on any atom is -0.480 e. The second kappa shape index (κ2) is 7.61. The number of ether oxygens (including phenoxy) is 1. The van der Waals surface area contributed by atoms with Crippen molar-refractivity contribution >= 4 is 17.8 Å². The molecule has 0 rings (SSSR count). The van der Waals surface area contributed by atoms with Crippen LogP contribution in [0.4, 0.5) is 0 Å². The topological polar surface area (TPSA) is 119 Å². The molecule has 7 heteroatoms. The third-order valence-electron chi connectivity index (χ3n) is 2.28. The standard InChI is InChI=1S/C10H18N2O5/c1-6(5-11)9(14)12-7(10(15)16)3-4-8(13)17-2/h6-7H,3-5,11H2,1-2H3,(H,12,14)(H,15,16)/t6?,7-/m0/s1. The minimum absolute atomic E-state index is 0.00889. The Bertz CT molecular complexity index is 292. The van der Waals surface area contributed by atoms with Gasteiger partial charge in [-0.25, -0.2) is 4.79 Å². The molecule has 0 fully saturated rings. The largest absolute Gasteiger partial charge is 0.480 e. The quantitative estimate of drug-likeness (QED) is 0.501. The molecule has 1 unspecified atom stereocenters. The summed E-state index contributed by atoms with van der Waals surface area (Å²) in [4.78, 5) is 33.1. The first-order valence-corrected chi connectivity index (χ1v) is 5.22. The number of carboxylic acids is 1. The van der Waals surface area contributed by atoms with Crippen LogP contribution in [0.1, 0.15) is 19.8 Å². The van der Waals surface area contributed by atoms with E-state index in [1.54, 1.807) is 6.92 Å². The lowest BCUT2D eigenvalue weighted by atomic mass is 10.1. The van der Waals surface area contributed by atoms with Gasteiger partial charge in [0.15, 0.2) is 0 Å². The first-order valence-electron chi connectivity index (χ1n) is 5.22. The summed E-state index contributed by atoms with van der Waals surface area (Å²) in [5.74, 6) is -2.61. The van der Waals surface area contributed by atoms with Crippen molar-refractivity contribution in [1.82, 2.24) is 5.32 Å². The van der Waals surface area contributed by atoms with Crippen LogP contribution >= 0.6 is 0 Å². The Kier molecular flexibility index (Phi) is 6.88. The van der Waals surface area contributed by atoms with Gasteiger partial charge in [0.05, 0.1) is 7.11 Å². The van der Waals surface area contributed by atoms with Gasteiger partial charge in [-0.2, -0.15) is 0 Å². The molecule has 0 aromatic carbocycles. The van der Waals surface area contributed by atoms with Gasteiger partial charge in [0.25, 0.3) is 0 Å². The van der Waals surface area contributed by atoms with Gasteiger partial charge in [-0.3, -0.25) is 9.59 Å². The molecule has 7 nitrogen and oxygen atoms in total. The van der Waals surface area contributed by atoms with Crippen LogP contribution in [-0.2, 0) is 19.1 Å². The lowest BCUT2D eigenvalue weighted by Gasteiger charge is -2.16. The van der Waals surface area contributed by atoms with Crippen LogP contribution < -0.4 is 11.1 Å². The Morgan fingerprint density at radius 3 is 2.41 bits per heavy atom. The molecule has 4 N–H and O–H groups in total. The van der Waals surface area contributed by atoms with Crippen LogP contribution in [0.25, 0.3) is 0 Å². The summed E-state index contributed by atoms with van der Waals surface area (Å²) in [6.45, 7) is 1.73. The van der Waals surface area contributed by atoms with Crippen molar-refractivity contribution < 1.29 is 24.2 Å². The zero-order chi connectivity index (χ0) is 13.4. The van der Waals surface area contributed by atoms with E-state index >= 15 is 0 Å². The van der Waals surface area contributed by atoms with Crippen LogP contribution in [0.15, 0.2) is 0 Å². The first-order chi connectivity index (χ1) is 7.92. The monoisotopic (exact) mass is 246 g/mol. The second-order valence-electron chi connectivity index (χ2n) is 3.65. The number of hydrogen-bond acceptors (Lipinski definition) is 5. The maximum Gasteiger partial charge on any atom is 0.326 e. The zero-order valence-electron chi connectivity index (χ0n) is 9.93. The number of methoxy groups -OCH3 is 1. The molecule has 0 radical (unpaired) electrons. The molecule has 0 aromatic heterocycles. The van der Waals surface area contributed by atoms with Crippen LogP contribution in [0.2, 0.25) is 0 Å². The number of aliphatic carboxylic acids is 1. The number of carboxylic acid groups (broad SMARTS) is 1. The Hall–Kier alpha value is -1.63. The van der Waals surface area contributed by atoms with E-state index < -0.39 is 29.8 Å². The molecule has 0 spiro atoms. The fourth-order valence-corrected chi connectivity index (χ4v) is 1.04. The smallest absolute Gasteiger partial charge is 0.326 e. The van der Waals surface area contributed by atoms with Gasteiger partial charge in [-0.05, 0) is 6.42 Å². The van der Waals surface area contributed by atoms with Crippen LogP contribution in [0.3, 0.4) is 0 Å². The predicted octanol–water partition coefficient (Wildman–Crippen LogP) is -0.896. The first kappa shape index (κ1) is 15.4. The third kappa shape index (κ3) is 5.86. The number of nitrogens with one attached hydrogen (secondary N) is 1. The fraction of sp³-hybridized carbons (Fsp3) is 0.700. The van der Waals surface area contributed by atoms with Crippen LogP contribution in [0, 0.1) is 5.92 Å². The van der Waals surface area contributed by atoms with Gasteiger partial charge in [0.1, 0.15) is 6.04 Å². The number of carbonyl (C=O) groups excluding carboxylic acids is 2. The average molecular weight is 246 g/mol. The van der Waals surface area contributed by atoms with Crippen LogP contribution in [-0.4, -0.2) is 42.6 Å². The van der Waals surface area contributed by atoms with Crippen LogP contribution in [0.5, 0.6) is 0 Å². The van der Waals surface area contributed by atoms with E-state index in [0.29, 0.717) is 0 Å². The molecule has 0 aliphatic carbocycles. The number of rotatable bonds is 7. The van der Waals surface area contributed by atoms with Crippen molar-refractivity contribution in [2.75, 3.05) is 13.7 Å². The van der Waals surface area contributed by atoms with Crippen molar-refractivity contribution in [2.45, 2.75) is 25.8 Å². The minimum atomic E-state index is -1.19. The molecular formula is C10H18N2O5. The van der Waals surface area contributed by atoms with Crippen molar-refractivity contribution in [1.29, 1.82) is 0 Å². The van der Waals surface area contributed by atoms with Gasteiger partial charge in [0, 0.05) is 18.9 Å². The summed E-state index contributed by atoms with van der Waals surface area (Å²) < 4.78 is 4.39. The highest BCUT2D eigenvalue weighted by molar-refractivity contribution is 5.85. The van der Waals surface area contributed by atoms with E-state index in [1.165, 1.54) is 7.11 Å². The Balaban J connectivity index is 4.30. The summed E-state index contributed by atoms with van der Waals surface area (Å²) in [6.07, 6.45) is -0.0736. The van der Waals surface area contributed by atoms with Gasteiger partial charge >= 0.3 is 11.9 Å². The second-order valence-corrected chi connectivity index (χ2v) is 3.65.